The van der Waals surface area contributed by atoms with Crippen LogP contribution in [0.3, 0.4) is 0 Å². The number of nitrogens with one attached hydrogen (secondary N) is 1. The Morgan fingerprint density at radius 1 is 1.22 bits per heavy atom. The highest BCUT2D eigenvalue weighted by molar-refractivity contribution is 6.02. The maximum absolute atomic E-state index is 11.9. The molecule has 0 unspecified atom stereocenters. The second kappa shape index (κ2) is 4.96. The average molecular weight is 245 g/mol. The van der Waals surface area contributed by atoms with Gasteiger partial charge in [-0.25, -0.2) is 0 Å². The van der Waals surface area contributed by atoms with Crippen molar-refractivity contribution in [2.24, 2.45) is 0 Å². The number of hydrogen-bond acceptors (Lipinski definition) is 3. The van der Waals surface area contributed by atoms with Gasteiger partial charge in [0.2, 0.25) is 0 Å². The third-order valence-electron chi connectivity index (χ3n) is 2.74. The Bertz CT molecular complexity index is 535. The third-order valence-corrected chi connectivity index (χ3v) is 2.74. The number of anilines is 1. The van der Waals surface area contributed by atoms with Gasteiger partial charge in [0.1, 0.15) is 11.5 Å². The maximum Gasteiger partial charge on any atom is 0.291 e. The molecule has 1 aromatic heterocycles. The lowest BCUT2D eigenvalue weighted by atomic mass is 10.2. The normalized spacial score (nSPS) is 10.2. The Hall–Kier alpha value is -2.23. The quantitative estimate of drug-likeness (QED) is 0.903. The number of ether oxygens (including phenoxy) is 1. The van der Waals surface area contributed by atoms with E-state index in [2.05, 4.69) is 5.32 Å². The second-order valence-corrected chi connectivity index (χ2v) is 4.03. The molecule has 0 aliphatic rings. The van der Waals surface area contributed by atoms with E-state index >= 15 is 0 Å². The Morgan fingerprint density at radius 3 is 2.39 bits per heavy atom. The first-order valence-electron chi connectivity index (χ1n) is 5.62. The number of carbonyl (C=O) groups is 1. The van der Waals surface area contributed by atoms with Gasteiger partial charge in [-0.2, -0.15) is 0 Å². The SMILES string of the molecule is COc1ccc(NC(=O)c2cc(C)c(C)o2)cc1. The average Bonchev–Trinajstić information content (AvgIpc) is 2.71. The van der Waals surface area contributed by atoms with Crippen LogP contribution >= 0.6 is 0 Å². The lowest BCUT2D eigenvalue weighted by Gasteiger charge is -2.04. The van der Waals surface area contributed by atoms with Gasteiger partial charge in [0.05, 0.1) is 7.11 Å². The van der Waals surface area contributed by atoms with Crippen molar-refractivity contribution in [3.05, 3.63) is 47.4 Å². The molecule has 0 radical (unpaired) electrons. The predicted octanol–water partition coefficient (Wildman–Crippen LogP) is 3.16. The highest BCUT2D eigenvalue weighted by Gasteiger charge is 2.12. The Morgan fingerprint density at radius 2 is 1.89 bits per heavy atom. The minimum atomic E-state index is -0.253. The molecule has 0 aliphatic carbocycles. The van der Waals surface area contributed by atoms with Crippen molar-refractivity contribution in [2.45, 2.75) is 13.8 Å². The van der Waals surface area contributed by atoms with Gasteiger partial charge in [0, 0.05) is 5.69 Å². The molecule has 0 bridgehead atoms. The molecule has 1 aromatic carbocycles. The van der Waals surface area contributed by atoms with E-state index in [1.54, 1.807) is 37.4 Å². The number of benzene rings is 1. The molecule has 94 valence electrons. The van der Waals surface area contributed by atoms with Crippen LogP contribution in [0.25, 0.3) is 0 Å². The molecule has 0 spiro atoms. The maximum atomic E-state index is 11.9. The lowest BCUT2D eigenvalue weighted by Crippen LogP contribution is -2.10. The van der Waals surface area contributed by atoms with Crippen LogP contribution in [0.15, 0.2) is 34.7 Å². The van der Waals surface area contributed by atoms with E-state index in [0.29, 0.717) is 11.4 Å². The van der Waals surface area contributed by atoms with Crippen LogP contribution < -0.4 is 10.1 Å². The fourth-order valence-electron chi connectivity index (χ4n) is 1.55. The van der Waals surface area contributed by atoms with Gasteiger partial charge in [-0.1, -0.05) is 0 Å². The van der Waals surface area contributed by atoms with Gasteiger partial charge < -0.3 is 14.5 Å². The van der Waals surface area contributed by atoms with Gasteiger partial charge in [0.15, 0.2) is 5.76 Å². The smallest absolute Gasteiger partial charge is 0.291 e. The Kier molecular flexibility index (Phi) is 3.37. The summed E-state index contributed by atoms with van der Waals surface area (Å²) < 4.78 is 10.4. The molecule has 1 N–H and O–H groups in total. The van der Waals surface area contributed by atoms with Crippen LogP contribution in [0.2, 0.25) is 0 Å². The summed E-state index contributed by atoms with van der Waals surface area (Å²) in [4.78, 5) is 11.9. The molecule has 1 heterocycles. The van der Waals surface area contributed by atoms with Crippen LogP contribution in [-0.4, -0.2) is 13.0 Å². The van der Waals surface area contributed by atoms with Gasteiger partial charge in [0.25, 0.3) is 5.91 Å². The minimum absolute atomic E-state index is 0.253. The Balaban J connectivity index is 2.10. The second-order valence-electron chi connectivity index (χ2n) is 4.03. The van der Waals surface area contributed by atoms with Gasteiger partial charge in [-0.15, -0.1) is 0 Å². The molecule has 18 heavy (non-hydrogen) atoms. The molecular formula is C14H15NO3. The first kappa shape index (κ1) is 12.2. The van der Waals surface area contributed by atoms with Crippen molar-refractivity contribution < 1.29 is 13.9 Å². The fourth-order valence-corrected chi connectivity index (χ4v) is 1.55. The number of rotatable bonds is 3. The largest absolute Gasteiger partial charge is 0.497 e. The molecule has 4 heteroatoms. The van der Waals surface area contributed by atoms with Gasteiger partial charge in [-0.3, -0.25) is 4.79 Å². The van der Waals surface area contributed by atoms with Crippen LogP contribution in [0, 0.1) is 13.8 Å². The summed E-state index contributed by atoms with van der Waals surface area (Å²) >= 11 is 0. The summed E-state index contributed by atoms with van der Waals surface area (Å²) in [5.74, 6) is 1.57. The highest BCUT2D eigenvalue weighted by Crippen LogP contribution is 2.18. The molecule has 0 saturated heterocycles. The first-order valence-corrected chi connectivity index (χ1v) is 5.62. The van der Waals surface area contributed by atoms with Crippen LogP contribution in [0.4, 0.5) is 5.69 Å². The van der Waals surface area contributed by atoms with Crippen LogP contribution in [0.1, 0.15) is 21.9 Å². The van der Waals surface area contributed by atoms with E-state index in [0.717, 1.165) is 17.1 Å². The van der Waals surface area contributed by atoms with E-state index in [1.165, 1.54) is 0 Å². The zero-order valence-electron chi connectivity index (χ0n) is 10.6. The summed E-state index contributed by atoms with van der Waals surface area (Å²) in [5, 5.41) is 2.76. The van der Waals surface area contributed by atoms with Crippen molar-refractivity contribution in [3.63, 3.8) is 0 Å². The predicted molar refractivity (Wildman–Crippen MR) is 69.1 cm³/mol. The Labute approximate surface area is 106 Å². The third kappa shape index (κ3) is 2.53. The molecule has 2 aromatic rings. The summed E-state index contributed by atoms with van der Waals surface area (Å²) in [6.45, 7) is 3.74. The number of furan rings is 1. The van der Waals surface area contributed by atoms with Crippen LogP contribution in [-0.2, 0) is 0 Å². The summed E-state index contributed by atoms with van der Waals surface area (Å²) in [5.41, 5.74) is 1.67. The van der Waals surface area contributed by atoms with E-state index in [1.807, 2.05) is 13.8 Å². The molecular weight excluding hydrogens is 230 g/mol. The van der Waals surface area contributed by atoms with Gasteiger partial charge in [-0.05, 0) is 49.7 Å². The topological polar surface area (TPSA) is 51.5 Å². The summed E-state index contributed by atoms with van der Waals surface area (Å²) in [7, 11) is 1.60. The molecule has 1 amide bonds. The van der Waals surface area contributed by atoms with E-state index < -0.39 is 0 Å². The van der Waals surface area contributed by atoms with E-state index in [4.69, 9.17) is 9.15 Å². The lowest BCUT2D eigenvalue weighted by molar-refractivity contribution is 0.0995. The van der Waals surface area contributed by atoms with Crippen molar-refractivity contribution in [3.8, 4) is 5.75 Å². The molecule has 0 aliphatic heterocycles. The molecule has 4 nitrogen and oxygen atoms in total. The number of hydrogen-bond donors (Lipinski definition) is 1. The number of amides is 1. The highest BCUT2D eigenvalue weighted by atomic mass is 16.5. The van der Waals surface area contributed by atoms with Crippen LogP contribution in [0.5, 0.6) is 5.75 Å². The number of aryl methyl sites for hydroxylation is 2. The van der Waals surface area contributed by atoms with Crippen molar-refractivity contribution in [1.29, 1.82) is 0 Å². The standard InChI is InChI=1S/C14H15NO3/c1-9-8-13(18-10(9)2)14(16)15-11-4-6-12(17-3)7-5-11/h4-8H,1-3H3,(H,15,16). The summed E-state index contributed by atoms with van der Waals surface area (Å²) in [6, 6.07) is 8.86. The monoisotopic (exact) mass is 245 g/mol. The van der Waals surface area contributed by atoms with Gasteiger partial charge >= 0.3 is 0 Å². The molecule has 0 fully saturated rings. The summed E-state index contributed by atoms with van der Waals surface area (Å²) in [6.07, 6.45) is 0. The molecule has 0 atom stereocenters. The molecule has 2 rings (SSSR count). The van der Waals surface area contributed by atoms with E-state index in [9.17, 15) is 4.79 Å². The number of methoxy groups -OCH3 is 1. The fraction of sp³-hybridized carbons (Fsp3) is 0.214. The minimum Gasteiger partial charge on any atom is -0.497 e. The van der Waals surface area contributed by atoms with E-state index in [-0.39, 0.29) is 5.91 Å². The van der Waals surface area contributed by atoms with Crippen molar-refractivity contribution in [1.82, 2.24) is 0 Å². The molecule has 0 saturated carbocycles. The zero-order valence-corrected chi connectivity index (χ0v) is 10.6. The number of carbonyl (C=O) groups excluding carboxylic acids is 1. The zero-order chi connectivity index (χ0) is 13.1. The first-order chi connectivity index (χ1) is 8.60. The van der Waals surface area contributed by atoms with Crippen molar-refractivity contribution >= 4 is 11.6 Å². The van der Waals surface area contributed by atoms with Crippen molar-refractivity contribution in [2.75, 3.05) is 12.4 Å².